The van der Waals surface area contributed by atoms with Gasteiger partial charge in [0.25, 0.3) is 0 Å². The highest BCUT2D eigenvalue weighted by molar-refractivity contribution is 5.97. The van der Waals surface area contributed by atoms with Crippen molar-refractivity contribution >= 4 is 47.9 Å². The van der Waals surface area contributed by atoms with Crippen molar-refractivity contribution in [2.75, 3.05) is 79.7 Å². The van der Waals surface area contributed by atoms with E-state index < -0.39 is 79.0 Å². The summed E-state index contributed by atoms with van der Waals surface area (Å²) in [5.74, 6) is -6.76. The Morgan fingerprint density at radius 1 is 0.833 bits per heavy atom. The van der Waals surface area contributed by atoms with E-state index in [4.69, 9.17) is 14.6 Å². The van der Waals surface area contributed by atoms with Crippen molar-refractivity contribution in [1.29, 1.82) is 0 Å². The summed E-state index contributed by atoms with van der Waals surface area (Å²) in [6, 6.07) is -4.81. The zero-order chi connectivity index (χ0) is 36.1. The van der Waals surface area contributed by atoms with Crippen molar-refractivity contribution in [2.45, 2.75) is 57.2 Å². The van der Waals surface area contributed by atoms with E-state index in [0.29, 0.717) is 19.4 Å². The molecule has 1 aliphatic rings. The fourth-order valence-corrected chi connectivity index (χ4v) is 4.47. The molecule has 0 aliphatic carbocycles. The van der Waals surface area contributed by atoms with Gasteiger partial charge in [-0.25, -0.2) is 4.79 Å². The van der Waals surface area contributed by atoms with Gasteiger partial charge in [-0.3, -0.25) is 33.7 Å². The molecule has 1 fully saturated rings. The second kappa shape index (κ2) is 23.0. The Hall–Kier alpha value is -4.36. The van der Waals surface area contributed by atoms with Crippen LogP contribution < -0.4 is 21.3 Å². The molecule has 0 radical (unpaired) electrons. The average Bonchev–Trinajstić information content (AvgIpc) is 3.02. The van der Waals surface area contributed by atoms with E-state index in [0.717, 1.165) is 52.7 Å². The first-order valence-corrected chi connectivity index (χ1v) is 15.6. The lowest BCUT2D eigenvalue weighted by Crippen LogP contribution is -2.57. The number of rotatable bonds is 23. The Balaban J connectivity index is 2.50. The maximum Gasteiger partial charge on any atom is 0.409 e. The van der Waals surface area contributed by atoms with Crippen LogP contribution in [0.15, 0.2) is 0 Å². The second-order valence-corrected chi connectivity index (χ2v) is 11.3. The van der Waals surface area contributed by atoms with Crippen molar-refractivity contribution in [3.63, 3.8) is 0 Å². The standard InChI is InChI=1S/C29H49N7O12/c1-20(38)31-22(18-24(39)40)27(44)33-23(19-25(41)42)28(45)32-21(6-14-37)26(43)30-7-4-15-48-29(46)35(3)11-10-34(2)8-5-9-36-12-16-47-17-13-36/h14,21-23H,4-13,15-19H2,1-3H3,(H,30,43)(H,31,38)(H,32,45)(H,33,44)(H,39,40)(H,41,42). The molecule has 19 nitrogen and oxygen atoms in total. The Bertz CT molecular complexity index is 1090. The molecule has 48 heavy (non-hydrogen) atoms. The first-order chi connectivity index (χ1) is 22.7. The summed E-state index contributed by atoms with van der Waals surface area (Å²) in [6.45, 7) is 7.40. The normalized spacial score (nSPS) is 14.9. The van der Waals surface area contributed by atoms with E-state index >= 15 is 0 Å². The Morgan fingerprint density at radius 2 is 1.42 bits per heavy atom. The third-order valence-electron chi connectivity index (χ3n) is 7.14. The molecule has 0 aromatic carbocycles. The molecule has 0 bridgehead atoms. The molecule has 19 heteroatoms. The van der Waals surface area contributed by atoms with E-state index in [1.54, 1.807) is 7.05 Å². The van der Waals surface area contributed by atoms with E-state index in [1.165, 1.54) is 4.90 Å². The predicted octanol–water partition coefficient (Wildman–Crippen LogP) is -2.77. The zero-order valence-corrected chi connectivity index (χ0v) is 27.7. The van der Waals surface area contributed by atoms with Crippen molar-refractivity contribution < 1.29 is 58.0 Å². The topological polar surface area (TPSA) is 253 Å². The SMILES string of the molecule is CC(=O)NC(CC(=O)O)C(=O)NC(CC(=O)O)C(=O)NC(CC=O)C(=O)NCCCOC(=O)N(C)CCN(C)CCCN1CCOCC1. The first kappa shape index (κ1) is 41.7. The third-order valence-corrected chi connectivity index (χ3v) is 7.14. The number of morpholine rings is 1. The van der Waals surface area contributed by atoms with Gasteiger partial charge in [-0.2, -0.15) is 0 Å². The minimum absolute atomic E-state index is 0.00973. The van der Waals surface area contributed by atoms with Crippen molar-refractivity contribution in [2.24, 2.45) is 0 Å². The number of nitrogens with zero attached hydrogens (tertiary/aromatic N) is 3. The highest BCUT2D eigenvalue weighted by Crippen LogP contribution is 2.02. The van der Waals surface area contributed by atoms with Crippen molar-refractivity contribution in [1.82, 2.24) is 36.0 Å². The fourth-order valence-electron chi connectivity index (χ4n) is 4.47. The summed E-state index contributed by atoms with van der Waals surface area (Å²) in [7, 11) is 3.60. The lowest BCUT2D eigenvalue weighted by molar-refractivity contribution is -0.143. The number of nitrogens with one attached hydrogen (secondary N) is 4. The number of likely N-dealkylation sites (N-methyl/N-ethyl adjacent to an activating group) is 2. The molecule has 272 valence electrons. The molecule has 0 aromatic rings. The van der Waals surface area contributed by atoms with E-state index in [-0.39, 0.29) is 19.6 Å². The zero-order valence-electron chi connectivity index (χ0n) is 27.7. The number of carbonyl (C=O) groups is 8. The summed E-state index contributed by atoms with van der Waals surface area (Å²) in [5.41, 5.74) is 0. The molecule has 1 aliphatic heterocycles. The minimum Gasteiger partial charge on any atom is -0.481 e. The molecule has 3 atom stereocenters. The van der Waals surface area contributed by atoms with E-state index in [9.17, 15) is 43.5 Å². The molecule has 0 saturated carbocycles. The van der Waals surface area contributed by atoms with Gasteiger partial charge in [0.05, 0.1) is 32.7 Å². The van der Waals surface area contributed by atoms with Crippen LogP contribution in [0.4, 0.5) is 4.79 Å². The summed E-state index contributed by atoms with van der Waals surface area (Å²) in [4.78, 5) is 101. The number of hydrogen-bond acceptors (Lipinski definition) is 12. The number of ether oxygens (including phenoxy) is 2. The summed E-state index contributed by atoms with van der Waals surface area (Å²) in [6.07, 6.45) is -1.25. The molecule has 1 heterocycles. The van der Waals surface area contributed by atoms with E-state index in [1.807, 2.05) is 7.05 Å². The van der Waals surface area contributed by atoms with Gasteiger partial charge in [-0.15, -0.1) is 0 Å². The molecular formula is C29H49N7O12. The van der Waals surface area contributed by atoms with Crippen LogP contribution in [0.3, 0.4) is 0 Å². The number of aliphatic carboxylic acids is 2. The van der Waals surface area contributed by atoms with Gasteiger partial charge in [0.15, 0.2) is 0 Å². The largest absolute Gasteiger partial charge is 0.481 e. The lowest BCUT2D eigenvalue weighted by Gasteiger charge is -2.27. The van der Waals surface area contributed by atoms with Crippen LogP contribution in [-0.2, 0) is 43.0 Å². The van der Waals surface area contributed by atoms with Crippen molar-refractivity contribution in [3.05, 3.63) is 0 Å². The second-order valence-electron chi connectivity index (χ2n) is 11.3. The Morgan fingerprint density at radius 3 is 1.98 bits per heavy atom. The smallest absolute Gasteiger partial charge is 0.409 e. The van der Waals surface area contributed by atoms with Crippen LogP contribution in [-0.4, -0.2) is 171 Å². The molecule has 1 rings (SSSR count). The van der Waals surface area contributed by atoms with Crippen LogP contribution >= 0.6 is 0 Å². The molecule has 0 spiro atoms. The molecule has 5 amide bonds. The Kier molecular flexibility index (Phi) is 20.0. The number of carboxylic acid groups (broad SMARTS) is 2. The lowest BCUT2D eigenvalue weighted by atomic mass is 10.1. The highest BCUT2D eigenvalue weighted by atomic mass is 16.6. The average molecular weight is 688 g/mol. The van der Waals surface area contributed by atoms with Crippen molar-refractivity contribution in [3.8, 4) is 0 Å². The van der Waals surface area contributed by atoms with Gasteiger partial charge >= 0.3 is 18.0 Å². The first-order valence-electron chi connectivity index (χ1n) is 15.6. The number of carbonyl (C=O) groups excluding carboxylic acids is 6. The highest BCUT2D eigenvalue weighted by Gasteiger charge is 2.31. The minimum atomic E-state index is -1.77. The van der Waals surface area contributed by atoms with Gasteiger partial charge in [-0.05, 0) is 33.0 Å². The van der Waals surface area contributed by atoms with Gasteiger partial charge in [0, 0.05) is 53.1 Å². The van der Waals surface area contributed by atoms with Gasteiger partial charge in [-0.1, -0.05) is 0 Å². The molecule has 6 N–H and O–H groups in total. The van der Waals surface area contributed by atoms with Gasteiger partial charge in [0.2, 0.25) is 23.6 Å². The van der Waals surface area contributed by atoms with Crippen LogP contribution in [0, 0.1) is 0 Å². The molecule has 1 saturated heterocycles. The molecule has 0 aromatic heterocycles. The monoisotopic (exact) mass is 687 g/mol. The maximum absolute atomic E-state index is 12.8. The quantitative estimate of drug-likeness (QED) is 0.0470. The third kappa shape index (κ3) is 18.1. The van der Waals surface area contributed by atoms with Crippen LogP contribution in [0.5, 0.6) is 0 Å². The number of hydrogen-bond donors (Lipinski definition) is 6. The van der Waals surface area contributed by atoms with Crippen LogP contribution in [0.1, 0.15) is 39.0 Å². The predicted molar refractivity (Wildman–Crippen MR) is 168 cm³/mol. The summed E-state index contributed by atoms with van der Waals surface area (Å²) in [5, 5.41) is 27.1. The number of amides is 5. The van der Waals surface area contributed by atoms with Gasteiger partial charge < -0.3 is 55.5 Å². The summed E-state index contributed by atoms with van der Waals surface area (Å²) < 4.78 is 10.6. The summed E-state index contributed by atoms with van der Waals surface area (Å²) >= 11 is 0. The fraction of sp³-hybridized carbons (Fsp3) is 0.724. The maximum atomic E-state index is 12.8. The number of carboxylic acids is 2. The van der Waals surface area contributed by atoms with Gasteiger partial charge in [0.1, 0.15) is 24.4 Å². The van der Waals surface area contributed by atoms with E-state index in [2.05, 4.69) is 31.1 Å². The molecular weight excluding hydrogens is 638 g/mol. The van der Waals surface area contributed by atoms with Crippen LogP contribution in [0.2, 0.25) is 0 Å². The Labute approximate surface area is 279 Å². The molecule has 3 unspecified atom stereocenters. The van der Waals surface area contributed by atoms with Crippen LogP contribution in [0.25, 0.3) is 0 Å². The number of aldehydes is 1.